The number of anilines is 1. The van der Waals surface area contributed by atoms with Gasteiger partial charge in [0.15, 0.2) is 5.65 Å². The van der Waals surface area contributed by atoms with Gasteiger partial charge in [0.1, 0.15) is 5.52 Å². The molecule has 1 N–H and O–H groups in total. The van der Waals surface area contributed by atoms with Gasteiger partial charge in [0.05, 0.1) is 12.7 Å². The third-order valence-electron chi connectivity index (χ3n) is 5.46. The van der Waals surface area contributed by atoms with Crippen molar-refractivity contribution in [2.24, 2.45) is 0 Å². The van der Waals surface area contributed by atoms with Crippen molar-refractivity contribution in [2.45, 2.75) is 58.0 Å². The van der Waals surface area contributed by atoms with Crippen LogP contribution in [0.15, 0.2) is 39.7 Å². The first-order valence-corrected chi connectivity index (χ1v) is 10.9. The van der Waals surface area contributed by atoms with Crippen LogP contribution in [-0.2, 0) is 6.54 Å². The second-order valence-corrected chi connectivity index (χ2v) is 8.40. The summed E-state index contributed by atoms with van der Waals surface area (Å²) in [5.74, 6) is 0.592. The Morgan fingerprint density at radius 1 is 1.21 bits per heavy atom. The van der Waals surface area contributed by atoms with Crippen molar-refractivity contribution in [2.75, 3.05) is 11.9 Å². The lowest BCUT2D eigenvalue weighted by Crippen LogP contribution is -2.27. The van der Waals surface area contributed by atoms with Crippen LogP contribution in [0.4, 0.5) is 5.95 Å². The number of hydrogen-bond donors (Lipinski definition) is 1. The summed E-state index contributed by atoms with van der Waals surface area (Å²) in [6.07, 6.45) is 8.44. The predicted molar refractivity (Wildman–Crippen MR) is 116 cm³/mol. The number of fused-ring (bicyclic) bond motifs is 1. The van der Waals surface area contributed by atoms with Crippen LogP contribution in [0.25, 0.3) is 11.2 Å². The van der Waals surface area contributed by atoms with Gasteiger partial charge in [-0.25, -0.2) is 9.78 Å². The minimum atomic E-state index is 0.0184. The minimum absolute atomic E-state index is 0.0184. The van der Waals surface area contributed by atoms with E-state index in [1.165, 1.54) is 12.8 Å². The van der Waals surface area contributed by atoms with Crippen LogP contribution < -0.4 is 11.0 Å². The molecular weight excluding hydrogens is 418 g/mol. The zero-order valence-corrected chi connectivity index (χ0v) is 17.8. The maximum absolute atomic E-state index is 13.3. The molecule has 7 heteroatoms. The SMILES string of the molecule is CCCCNc1ncc2c(n1)n(Cc1ccc(Br)cc1)c(=O)n2C1CCCC1. The Kier molecular flexibility index (Phi) is 5.80. The highest BCUT2D eigenvalue weighted by Gasteiger charge is 2.24. The van der Waals surface area contributed by atoms with E-state index >= 15 is 0 Å². The maximum atomic E-state index is 13.3. The van der Waals surface area contributed by atoms with Crippen LogP contribution in [0.5, 0.6) is 0 Å². The van der Waals surface area contributed by atoms with E-state index in [0.717, 1.165) is 47.8 Å². The Morgan fingerprint density at radius 3 is 2.68 bits per heavy atom. The fraction of sp³-hybridized carbons (Fsp3) is 0.476. The summed E-state index contributed by atoms with van der Waals surface area (Å²) >= 11 is 3.47. The van der Waals surface area contributed by atoms with E-state index < -0.39 is 0 Å². The molecular formula is C21H26BrN5O. The lowest BCUT2D eigenvalue weighted by atomic mass is 10.2. The summed E-state index contributed by atoms with van der Waals surface area (Å²) in [5.41, 5.74) is 2.66. The molecule has 148 valence electrons. The number of aromatic nitrogens is 4. The fourth-order valence-corrected chi connectivity index (χ4v) is 4.22. The lowest BCUT2D eigenvalue weighted by molar-refractivity contribution is 0.505. The Morgan fingerprint density at radius 2 is 1.96 bits per heavy atom. The Balaban J connectivity index is 1.77. The van der Waals surface area contributed by atoms with Crippen molar-refractivity contribution < 1.29 is 0 Å². The molecule has 6 nitrogen and oxygen atoms in total. The minimum Gasteiger partial charge on any atom is -0.354 e. The molecule has 28 heavy (non-hydrogen) atoms. The summed E-state index contributed by atoms with van der Waals surface area (Å²) in [5, 5.41) is 3.28. The van der Waals surface area contributed by atoms with Gasteiger partial charge in [-0.15, -0.1) is 0 Å². The van der Waals surface area contributed by atoms with Crippen molar-refractivity contribution in [3.8, 4) is 0 Å². The third-order valence-corrected chi connectivity index (χ3v) is 5.99. The quantitative estimate of drug-likeness (QED) is 0.535. The molecule has 3 aromatic rings. The molecule has 0 bridgehead atoms. The van der Waals surface area contributed by atoms with Gasteiger partial charge in [-0.1, -0.05) is 54.2 Å². The number of halogens is 1. The summed E-state index contributed by atoms with van der Waals surface area (Å²) in [7, 11) is 0. The number of unbranched alkanes of at least 4 members (excludes halogenated alkanes) is 1. The Hall–Kier alpha value is -2.15. The largest absolute Gasteiger partial charge is 0.354 e. The first-order valence-electron chi connectivity index (χ1n) is 10.1. The van der Waals surface area contributed by atoms with Gasteiger partial charge < -0.3 is 5.32 Å². The van der Waals surface area contributed by atoms with Crippen LogP contribution in [0.3, 0.4) is 0 Å². The summed E-state index contributed by atoms with van der Waals surface area (Å²) in [4.78, 5) is 22.6. The average Bonchev–Trinajstić information content (AvgIpc) is 3.31. The van der Waals surface area contributed by atoms with Crippen molar-refractivity contribution in [3.63, 3.8) is 0 Å². The molecule has 1 aromatic carbocycles. The van der Waals surface area contributed by atoms with Gasteiger partial charge >= 0.3 is 5.69 Å². The molecule has 0 atom stereocenters. The molecule has 4 rings (SSSR count). The number of benzene rings is 1. The molecule has 1 fully saturated rings. The normalized spacial score (nSPS) is 14.8. The molecule has 0 unspecified atom stereocenters. The predicted octanol–water partition coefficient (Wildman–Crippen LogP) is 4.73. The summed E-state index contributed by atoms with van der Waals surface area (Å²) in [6, 6.07) is 8.34. The van der Waals surface area contributed by atoms with Crippen LogP contribution in [0.2, 0.25) is 0 Å². The van der Waals surface area contributed by atoms with Gasteiger partial charge in [0.2, 0.25) is 5.95 Å². The molecule has 1 aliphatic carbocycles. The first-order chi connectivity index (χ1) is 13.7. The number of imidazole rings is 1. The van der Waals surface area contributed by atoms with E-state index in [1.807, 2.05) is 35.0 Å². The fourth-order valence-electron chi connectivity index (χ4n) is 3.95. The van der Waals surface area contributed by atoms with Crippen LogP contribution in [-0.4, -0.2) is 25.6 Å². The van der Waals surface area contributed by atoms with E-state index in [1.54, 1.807) is 4.57 Å². The number of nitrogens with zero attached hydrogens (tertiary/aromatic N) is 4. The Labute approximate surface area is 173 Å². The van der Waals surface area contributed by atoms with Crippen molar-refractivity contribution in [1.82, 2.24) is 19.1 Å². The highest BCUT2D eigenvalue weighted by molar-refractivity contribution is 9.10. The zero-order chi connectivity index (χ0) is 19.5. The zero-order valence-electron chi connectivity index (χ0n) is 16.2. The standard InChI is InChI=1S/C21H26BrN5O/c1-2-3-12-23-20-24-13-18-19(25-20)26(14-15-8-10-16(22)11-9-15)21(28)27(18)17-6-4-5-7-17/h8-11,13,17H,2-7,12,14H2,1H3,(H,23,24,25). The molecule has 0 saturated heterocycles. The molecule has 0 aliphatic heterocycles. The second-order valence-electron chi connectivity index (χ2n) is 7.49. The second kappa shape index (κ2) is 8.47. The monoisotopic (exact) mass is 443 g/mol. The van der Waals surface area contributed by atoms with Gasteiger partial charge in [0.25, 0.3) is 0 Å². The van der Waals surface area contributed by atoms with Crippen molar-refractivity contribution >= 4 is 33.0 Å². The van der Waals surface area contributed by atoms with E-state index in [0.29, 0.717) is 18.1 Å². The number of hydrogen-bond acceptors (Lipinski definition) is 4. The van der Waals surface area contributed by atoms with Crippen LogP contribution in [0.1, 0.15) is 57.1 Å². The average molecular weight is 444 g/mol. The maximum Gasteiger partial charge on any atom is 0.330 e. The smallest absolute Gasteiger partial charge is 0.330 e. The molecule has 0 amide bonds. The van der Waals surface area contributed by atoms with Crippen molar-refractivity contribution in [1.29, 1.82) is 0 Å². The number of nitrogens with one attached hydrogen (secondary N) is 1. The summed E-state index contributed by atoms with van der Waals surface area (Å²) in [6.45, 7) is 3.50. The lowest BCUT2D eigenvalue weighted by Gasteiger charge is -2.10. The van der Waals surface area contributed by atoms with Gasteiger partial charge in [-0.2, -0.15) is 4.98 Å². The van der Waals surface area contributed by atoms with Gasteiger partial charge in [0, 0.05) is 17.1 Å². The molecule has 0 spiro atoms. The van der Waals surface area contributed by atoms with E-state index in [9.17, 15) is 4.79 Å². The molecule has 1 aliphatic rings. The van der Waals surface area contributed by atoms with Crippen molar-refractivity contribution in [3.05, 3.63) is 51.0 Å². The van der Waals surface area contributed by atoms with Gasteiger partial charge in [-0.05, 0) is 37.0 Å². The molecule has 2 aromatic heterocycles. The molecule has 0 radical (unpaired) electrons. The first kappa shape index (κ1) is 19.2. The van der Waals surface area contributed by atoms with E-state index in [-0.39, 0.29) is 11.7 Å². The highest BCUT2D eigenvalue weighted by Crippen LogP contribution is 2.31. The van der Waals surface area contributed by atoms with Crippen LogP contribution in [0, 0.1) is 0 Å². The van der Waals surface area contributed by atoms with E-state index in [4.69, 9.17) is 4.98 Å². The highest BCUT2D eigenvalue weighted by atomic mass is 79.9. The molecule has 1 saturated carbocycles. The van der Waals surface area contributed by atoms with Gasteiger partial charge in [-0.3, -0.25) is 9.13 Å². The summed E-state index contributed by atoms with van der Waals surface area (Å²) < 4.78 is 4.75. The topological polar surface area (TPSA) is 64.7 Å². The molecule has 2 heterocycles. The Bertz CT molecular complexity index is 1000. The number of rotatable bonds is 7. The van der Waals surface area contributed by atoms with E-state index in [2.05, 4.69) is 33.2 Å². The van der Waals surface area contributed by atoms with Crippen LogP contribution >= 0.6 is 15.9 Å². The third kappa shape index (κ3) is 3.85.